The van der Waals surface area contributed by atoms with Gasteiger partial charge in [-0.3, -0.25) is 4.79 Å². The van der Waals surface area contributed by atoms with Gasteiger partial charge in [0, 0.05) is 6.42 Å². The van der Waals surface area contributed by atoms with Gasteiger partial charge in [-0.15, -0.1) is 0 Å². The van der Waals surface area contributed by atoms with E-state index >= 15 is 0 Å². The van der Waals surface area contributed by atoms with Crippen LogP contribution >= 0.6 is 0 Å². The number of nitrogens with zero attached hydrogens (tertiary/aromatic N) is 1. The number of unbranched alkanes of at least 4 members (excludes halogenated alkanes) is 2. The molecule has 1 N–H and O–H groups in total. The minimum Gasteiger partial charge on any atom is -0.386 e. The number of hydrogen-bond donors (Lipinski definition) is 1. The van der Waals surface area contributed by atoms with E-state index in [0.29, 0.717) is 19.5 Å². The first-order chi connectivity index (χ1) is 6.05. The fraction of sp³-hybridized carbons (Fsp3) is 0.900. The summed E-state index contributed by atoms with van der Waals surface area (Å²) in [6.45, 7) is 4.91. The van der Waals surface area contributed by atoms with Crippen molar-refractivity contribution < 1.29 is 9.90 Å². The third kappa shape index (κ3) is 2.99. The Kier molecular flexibility index (Phi) is 3.31. The Labute approximate surface area is 79.7 Å². The summed E-state index contributed by atoms with van der Waals surface area (Å²) in [4.78, 5) is 13.1. The van der Waals surface area contributed by atoms with Crippen molar-refractivity contribution >= 4 is 5.91 Å². The molecule has 3 nitrogen and oxygen atoms in total. The lowest BCUT2D eigenvalue weighted by atomic mass is 9.96. The first-order valence-electron chi connectivity index (χ1n) is 5.05. The second-order valence-electron chi connectivity index (χ2n) is 4.20. The van der Waals surface area contributed by atoms with Crippen LogP contribution in [0, 0.1) is 0 Å². The van der Waals surface area contributed by atoms with Gasteiger partial charge in [0.25, 0.3) is 0 Å². The average Bonchev–Trinajstić information content (AvgIpc) is 2.00. The minimum atomic E-state index is -0.625. The van der Waals surface area contributed by atoms with Crippen molar-refractivity contribution in [2.24, 2.45) is 0 Å². The van der Waals surface area contributed by atoms with Gasteiger partial charge in [-0.1, -0.05) is 19.8 Å². The molecule has 0 spiro atoms. The zero-order valence-electron chi connectivity index (χ0n) is 8.55. The van der Waals surface area contributed by atoms with Crippen LogP contribution in [0.1, 0.15) is 39.5 Å². The number of rotatable bonds is 4. The van der Waals surface area contributed by atoms with E-state index in [1.165, 1.54) is 0 Å². The van der Waals surface area contributed by atoms with E-state index in [9.17, 15) is 9.90 Å². The van der Waals surface area contributed by atoms with Crippen LogP contribution in [-0.4, -0.2) is 34.6 Å². The Balaban J connectivity index is 2.12. The van der Waals surface area contributed by atoms with Gasteiger partial charge < -0.3 is 10.0 Å². The molecule has 0 atom stereocenters. The number of β-amino-alcohol motifs (C(OH)–C–C–N with tert-alkyl or cyclic N) is 1. The number of carbonyl (C=O) groups excluding carboxylic acids is 1. The second kappa shape index (κ2) is 4.09. The van der Waals surface area contributed by atoms with Gasteiger partial charge in [0.1, 0.15) is 0 Å². The highest BCUT2D eigenvalue weighted by molar-refractivity contribution is 5.77. The predicted molar refractivity (Wildman–Crippen MR) is 51.3 cm³/mol. The Bertz CT molecular complexity index is 181. The largest absolute Gasteiger partial charge is 0.386 e. The monoisotopic (exact) mass is 185 g/mol. The number of aliphatic hydroxyl groups is 1. The number of hydrogen-bond acceptors (Lipinski definition) is 2. The van der Waals surface area contributed by atoms with Crippen LogP contribution in [0.4, 0.5) is 0 Å². The van der Waals surface area contributed by atoms with Crippen LogP contribution in [0.3, 0.4) is 0 Å². The predicted octanol–water partition coefficient (Wildman–Crippen LogP) is 1.16. The zero-order valence-corrected chi connectivity index (χ0v) is 8.55. The maximum Gasteiger partial charge on any atom is 0.222 e. The van der Waals surface area contributed by atoms with E-state index in [-0.39, 0.29) is 5.91 Å². The quantitative estimate of drug-likeness (QED) is 0.668. The van der Waals surface area contributed by atoms with Crippen molar-refractivity contribution in [1.82, 2.24) is 4.90 Å². The highest BCUT2D eigenvalue weighted by atomic mass is 16.3. The molecule has 0 aliphatic carbocycles. The van der Waals surface area contributed by atoms with Crippen molar-refractivity contribution in [3.05, 3.63) is 0 Å². The summed E-state index contributed by atoms with van der Waals surface area (Å²) in [6.07, 6.45) is 3.89. The lowest BCUT2D eigenvalue weighted by molar-refractivity contribution is -0.152. The molecule has 0 saturated carbocycles. The summed E-state index contributed by atoms with van der Waals surface area (Å²) in [7, 11) is 0. The first kappa shape index (κ1) is 10.5. The van der Waals surface area contributed by atoms with E-state index in [4.69, 9.17) is 0 Å². The van der Waals surface area contributed by atoms with Crippen molar-refractivity contribution in [1.29, 1.82) is 0 Å². The van der Waals surface area contributed by atoms with Gasteiger partial charge >= 0.3 is 0 Å². The molecule has 3 heteroatoms. The molecular weight excluding hydrogens is 166 g/mol. The minimum absolute atomic E-state index is 0.194. The molecule has 1 aliphatic rings. The Hall–Kier alpha value is -0.570. The summed E-state index contributed by atoms with van der Waals surface area (Å²) in [6, 6.07) is 0. The van der Waals surface area contributed by atoms with Gasteiger partial charge in [0.15, 0.2) is 0 Å². The molecule has 0 aromatic heterocycles. The van der Waals surface area contributed by atoms with E-state index < -0.39 is 5.60 Å². The van der Waals surface area contributed by atoms with Crippen molar-refractivity contribution in [3.63, 3.8) is 0 Å². The standard InChI is InChI=1S/C10H19NO2/c1-3-4-5-6-9(12)11-7-10(2,13)8-11/h13H,3-8H2,1-2H3. The molecule has 1 fully saturated rings. The van der Waals surface area contributed by atoms with Gasteiger partial charge in [0.2, 0.25) is 5.91 Å². The van der Waals surface area contributed by atoms with Crippen LogP contribution in [0.25, 0.3) is 0 Å². The Morgan fingerprint density at radius 3 is 2.54 bits per heavy atom. The average molecular weight is 185 g/mol. The smallest absolute Gasteiger partial charge is 0.222 e. The molecule has 0 radical (unpaired) electrons. The first-order valence-corrected chi connectivity index (χ1v) is 5.05. The van der Waals surface area contributed by atoms with E-state index in [2.05, 4.69) is 6.92 Å². The summed E-state index contributed by atoms with van der Waals surface area (Å²) >= 11 is 0. The molecule has 1 saturated heterocycles. The molecule has 1 heterocycles. The number of amides is 1. The highest BCUT2D eigenvalue weighted by Crippen LogP contribution is 2.20. The molecule has 1 rings (SSSR count). The van der Waals surface area contributed by atoms with E-state index in [1.54, 1.807) is 11.8 Å². The fourth-order valence-electron chi connectivity index (χ4n) is 1.64. The summed E-state index contributed by atoms with van der Waals surface area (Å²) in [5.74, 6) is 0.194. The molecule has 76 valence electrons. The molecule has 0 unspecified atom stereocenters. The van der Waals surface area contributed by atoms with Gasteiger partial charge in [-0.25, -0.2) is 0 Å². The Morgan fingerprint density at radius 1 is 1.46 bits per heavy atom. The van der Waals surface area contributed by atoms with Crippen molar-refractivity contribution in [2.45, 2.75) is 45.1 Å². The van der Waals surface area contributed by atoms with Crippen molar-refractivity contribution in [2.75, 3.05) is 13.1 Å². The molecule has 0 aromatic rings. The normalized spacial score (nSPS) is 19.8. The molecular formula is C10H19NO2. The zero-order chi connectivity index (χ0) is 9.90. The van der Waals surface area contributed by atoms with Gasteiger partial charge in [-0.2, -0.15) is 0 Å². The second-order valence-corrected chi connectivity index (χ2v) is 4.20. The van der Waals surface area contributed by atoms with Gasteiger partial charge in [-0.05, 0) is 13.3 Å². The van der Waals surface area contributed by atoms with Crippen LogP contribution < -0.4 is 0 Å². The molecule has 13 heavy (non-hydrogen) atoms. The van der Waals surface area contributed by atoms with Gasteiger partial charge in [0.05, 0.1) is 18.7 Å². The third-order valence-electron chi connectivity index (χ3n) is 2.41. The van der Waals surface area contributed by atoms with E-state index in [0.717, 1.165) is 19.3 Å². The lowest BCUT2D eigenvalue weighted by Crippen LogP contribution is -2.61. The summed E-state index contributed by atoms with van der Waals surface area (Å²) < 4.78 is 0. The molecule has 0 bridgehead atoms. The number of likely N-dealkylation sites (tertiary alicyclic amines) is 1. The molecule has 0 aromatic carbocycles. The molecule has 1 amide bonds. The molecule has 1 aliphatic heterocycles. The van der Waals surface area contributed by atoms with Crippen LogP contribution in [0.15, 0.2) is 0 Å². The topological polar surface area (TPSA) is 40.5 Å². The highest BCUT2D eigenvalue weighted by Gasteiger charge is 2.38. The third-order valence-corrected chi connectivity index (χ3v) is 2.41. The lowest BCUT2D eigenvalue weighted by Gasteiger charge is -2.44. The number of carbonyl (C=O) groups is 1. The maximum absolute atomic E-state index is 11.4. The fourth-order valence-corrected chi connectivity index (χ4v) is 1.64. The van der Waals surface area contributed by atoms with Crippen LogP contribution in [-0.2, 0) is 4.79 Å². The van der Waals surface area contributed by atoms with Crippen LogP contribution in [0.5, 0.6) is 0 Å². The summed E-state index contributed by atoms with van der Waals surface area (Å²) in [5.41, 5.74) is -0.625. The van der Waals surface area contributed by atoms with Crippen LogP contribution in [0.2, 0.25) is 0 Å². The summed E-state index contributed by atoms with van der Waals surface area (Å²) in [5, 5.41) is 9.41. The van der Waals surface area contributed by atoms with Crippen molar-refractivity contribution in [3.8, 4) is 0 Å². The Morgan fingerprint density at radius 2 is 2.08 bits per heavy atom. The maximum atomic E-state index is 11.4. The SMILES string of the molecule is CCCCCC(=O)N1CC(C)(O)C1. The van der Waals surface area contributed by atoms with E-state index in [1.807, 2.05) is 0 Å².